The van der Waals surface area contributed by atoms with E-state index in [1.807, 2.05) is 18.2 Å². The van der Waals surface area contributed by atoms with Crippen molar-refractivity contribution in [3.05, 3.63) is 40.2 Å². The average molecular weight is 442 g/mol. The summed E-state index contributed by atoms with van der Waals surface area (Å²) in [6.45, 7) is 0.578. The molecule has 0 bridgehead atoms. The van der Waals surface area contributed by atoms with Gasteiger partial charge < -0.3 is 5.32 Å². The zero-order valence-electron chi connectivity index (χ0n) is 14.1. The Kier molecular flexibility index (Phi) is 5.21. The summed E-state index contributed by atoms with van der Waals surface area (Å²) < 4.78 is 28.6. The second-order valence-corrected chi connectivity index (χ2v) is 11.1. The van der Waals surface area contributed by atoms with Crippen LogP contribution in [0.25, 0.3) is 10.2 Å². The first-order chi connectivity index (χ1) is 12.9. The van der Waals surface area contributed by atoms with Crippen LogP contribution in [0, 0.1) is 5.92 Å². The van der Waals surface area contributed by atoms with Gasteiger partial charge in [0.25, 0.3) is 10.0 Å². The first-order valence-electron chi connectivity index (χ1n) is 8.33. The minimum Gasteiger partial charge on any atom is -0.326 e. The van der Waals surface area contributed by atoms with Crippen LogP contribution in [0.2, 0.25) is 4.34 Å². The molecule has 0 aliphatic carbocycles. The standard InChI is InChI=1S/C17H16ClN3O3S3/c18-15-5-6-16(26-15)27(23,24)21-7-1-2-11(9-21)17(22)20-12-3-4-14-13(8-12)19-10-25-14/h3-6,8,10-11H,1-2,7,9H2,(H,20,22). The molecule has 1 saturated heterocycles. The van der Waals surface area contributed by atoms with Crippen molar-refractivity contribution in [1.29, 1.82) is 0 Å². The monoisotopic (exact) mass is 441 g/mol. The second-order valence-electron chi connectivity index (χ2n) is 6.28. The van der Waals surface area contributed by atoms with Gasteiger partial charge in [0, 0.05) is 18.8 Å². The van der Waals surface area contributed by atoms with E-state index in [2.05, 4.69) is 10.3 Å². The predicted molar refractivity (Wildman–Crippen MR) is 109 cm³/mol. The number of carbonyl (C=O) groups excluding carboxylic acids is 1. The maximum atomic E-state index is 12.8. The Morgan fingerprint density at radius 3 is 2.93 bits per heavy atom. The van der Waals surface area contributed by atoms with Gasteiger partial charge in [0.1, 0.15) is 4.21 Å². The Labute approximate surface area is 169 Å². The molecule has 3 aromatic rings. The summed E-state index contributed by atoms with van der Waals surface area (Å²) in [5.41, 5.74) is 3.26. The lowest BCUT2D eigenvalue weighted by Gasteiger charge is -2.30. The van der Waals surface area contributed by atoms with Gasteiger partial charge >= 0.3 is 0 Å². The number of halogens is 1. The van der Waals surface area contributed by atoms with Crippen molar-refractivity contribution >= 4 is 66.1 Å². The smallest absolute Gasteiger partial charge is 0.252 e. The Hall–Kier alpha value is -1.52. The van der Waals surface area contributed by atoms with E-state index < -0.39 is 15.9 Å². The number of rotatable bonds is 4. The number of fused-ring (bicyclic) bond motifs is 1. The van der Waals surface area contributed by atoms with Gasteiger partial charge in [0.2, 0.25) is 5.91 Å². The van der Waals surface area contributed by atoms with Crippen molar-refractivity contribution in [1.82, 2.24) is 9.29 Å². The third-order valence-corrected chi connectivity index (χ3v) is 8.87. The molecule has 0 spiro atoms. The minimum absolute atomic E-state index is 0.169. The number of sulfonamides is 1. The van der Waals surface area contributed by atoms with Gasteiger partial charge in [-0.25, -0.2) is 13.4 Å². The zero-order chi connectivity index (χ0) is 19.0. The van der Waals surface area contributed by atoms with E-state index in [-0.39, 0.29) is 16.7 Å². The lowest BCUT2D eigenvalue weighted by atomic mass is 9.98. The molecule has 0 saturated carbocycles. The number of anilines is 1. The zero-order valence-corrected chi connectivity index (χ0v) is 17.3. The molecule has 10 heteroatoms. The molecule has 2 aromatic heterocycles. The summed E-state index contributed by atoms with van der Waals surface area (Å²) in [5.74, 6) is -0.566. The van der Waals surface area contributed by atoms with Gasteiger partial charge in [-0.05, 0) is 43.2 Å². The number of piperidine rings is 1. The van der Waals surface area contributed by atoms with E-state index in [1.165, 1.54) is 10.4 Å². The van der Waals surface area contributed by atoms with E-state index in [9.17, 15) is 13.2 Å². The fraction of sp³-hybridized carbons (Fsp3) is 0.294. The average Bonchev–Trinajstić information content (AvgIpc) is 3.30. The highest BCUT2D eigenvalue weighted by atomic mass is 35.5. The highest BCUT2D eigenvalue weighted by Crippen LogP contribution is 2.31. The number of thiophene rings is 1. The Bertz CT molecular complexity index is 1090. The number of benzene rings is 1. The van der Waals surface area contributed by atoms with Crippen LogP contribution in [0.4, 0.5) is 5.69 Å². The van der Waals surface area contributed by atoms with Crippen molar-refractivity contribution in [3.63, 3.8) is 0 Å². The fourth-order valence-corrected chi connectivity index (χ4v) is 6.94. The molecular weight excluding hydrogens is 426 g/mol. The minimum atomic E-state index is -3.62. The molecule has 1 unspecified atom stereocenters. The largest absolute Gasteiger partial charge is 0.326 e. The summed E-state index contributed by atoms with van der Waals surface area (Å²) in [6, 6.07) is 8.66. The molecule has 4 rings (SSSR count). The first kappa shape index (κ1) is 18.8. The van der Waals surface area contributed by atoms with E-state index in [0.717, 1.165) is 21.6 Å². The summed E-state index contributed by atoms with van der Waals surface area (Å²) in [6.07, 6.45) is 1.30. The molecule has 1 aliphatic rings. The van der Waals surface area contributed by atoms with Crippen LogP contribution in [0.15, 0.2) is 40.1 Å². The quantitative estimate of drug-likeness (QED) is 0.662. The maximum Gasteiger partial charge on any atom is 0.252 e. The number of carbonyl (C=O) groups is 1. The number of thiazole rings is 1. The molecule has 0 radical (unpaired) electrons. The SMILES string of the molecule is O=C(Nc1ccc2scnc2c1)C1CCCN(S(=O)(=O)c2ccc(Cl)s2)C1. The van der Waals surface area contributed by atoms with Crippen molar-refractivity contribution in [2.75, 3.05) is 18.4 Å². The third-order valence-electron chi connectivity index (χ3n) is 4.50. The normalized spacial score (nSPS) is 18.6. The molecule has 27 heavy (non-hydrogen) atoms. The summed E-state index contributed by atoms with van der Waals surface area (Å²) in [7, 11) is -3.62. The molecule has 1 amide bonds. The predicted octanol–water partition coefficient (Wildman–Crippen LogP) is 4.05. The molecular formula is C17H16ClN3O3S3. The Balaban J connectivity index is 1.48. The van der Waals surface area contributed by atoms with Crippen LogP contribution in [0.1, 0.15) is 12.8 Å². The molecule has 3 heterocycles. The van der Waals surface area contributed by atoms with Gasteiger partial charge in [-0.2, -0.15) is 4.31 Å². The van der Waals surface area contributed by atoms with Gasteiger partial charge in [-0.1, -0.05) is 11.6 Å². The van der Waals surface area contributed by atoms with Crippen molar-refractivity contribution in [2.45, 2.75) is 17.1 Å². The van der Waals surface area contributed by atoms with Gasteiger partial charge in [-0.15, -0.1) is 22.7 Å². The topological polar surface area (TPSA) is 79.4 Å². The number of hydrogen-bond acceptors (Lipinski definition) is 6. The first-order valence-corrected chi connectivity index (χ1v) is 11.8. The fourth-order valence-electron chi connectivity index (χ4n) is 3.12. The van der Waals surface area contributed by atoms with Crippen LogP contribution >= 0.6 is 34.3 Å². The second kappa shape index (κ2) is 7.48. The summed E-state index contributed by atoms with van der Waals surface area (Å²) in [4.78, 5) is 16.9. The molecule has 1 N–H and O–H groups in total. The number of aromatic nitrogens is 1. The lowest BCUT2D eigenvalue weighted by Crippen LogP contribution is -2.43. The van der Waals surface area contributed by atoms with Crippen molar-refractivity contribution < 1.29 is 13.2 Å². The molecule has 1 fully saturated rings. The third kappa shape index (κ3) is 3.88. The van der Waals surface area contributed by atoms with E-state index in [1.54, 1.807) is 22.9 Å². The number of nitrogens with zero attached hydrogens (tertiary/aromatic N) is 2. The van der Waals surface area contributed by atoms with Crippen LogP contribution in [0.3, 0.4) is 0 Å². The highest BCUT2D eigenvalue weighted by Gasteiger charge is 2.34. The van der Waals surface area contributed by atoms with Gasteiger partial charge in [-0.3, -0.25) is 4.79 Å². The molecule has 6 nitrogen and oxygen atoms in total. The van der Waals surface area contributed by atoms with E-state index in [4.69, 9.17) is 11.6 Å². The molecule has 142 valence electrons. The summed E-state index contributed by atoms with van der Waals surface area (Å²) >= 11 is 8.45. The van der Waals surface area contributed by atoms with Gasteiger partial charge in [0.15, 0.2) is 0 Å². The van der Waals surface area contributed by atoms with Crippen LogP contribution in [-0.4, -0.2) is 36.7 Å². The maximum absolute atomic E-state index is 12.8. The lowest BCUT2D eigenvalue weighted by molar-refractivity contribution is -0.120. The van der Waals surface area contributed by atoms with Crippen LogP contribution in [-0.2, 0) is 14.8 Å². The Morgan fingerprint density at radius 2 is 2.15 bits per heavy atom. The van der Waals surface area contributed by atoms with Crippen LogP contribution in [0.5, 0.6) is 0 Å². The number of amides is 1. The van der Waals surface area contributed by atoms with Crippen molar-refractivity contribution in [2.24, 2.45) is 5.92 Å². The Morgan fingerprint density at radius 1 is 1.30 bits per heavy atom. The van der Waals surface area contributed by atoms with Crippen LogP contribution < -0.4 is 5.32 Å². The highest BCUT2D eigenvalue weighted by molar-refractivity contribution is 7.91. The van der Waals surface area contributed by atoms with Gasteiger partial charge in [0.05, 0.1) is 26.0 Å². The number of nitrogens with one attached hydrogen (secondary N) is 1. The van der Waals surface area contributed by atoms with E-state index in [0.29, 0.717) is 29.4 Å². The molecule has 1 aromatic carbocycles. The van der Waals surface area contributed by atoms with Crippen molar-refractivity contribution in [3.8, 4) is 0 Å². The number of hydrogen-bond donors (Lipinski definition) is 1. The molecule has 1 aliphatic heterocycles. The summed E-state index contributed by atoms with van der Waals surface area (Å²) in [5, 5.41) is 2.90. The van der Waals surface area contributed by atoms with E-state index >= 15 is 0 Å². The molecule has 1 atom stereocenters.